The van der Waals surface area contributed by atoms with Crippen molar-refractivity contribution >= 4 is 15.9 Å². The smallest absolute Gasteiger partial charge is 0.119 e. The molecule has 0 aromatic heterocycles. The maximum absolute atomic E-state index is 5.87. The second-order valence-electron chi connectivity index (χ2n) is 6.12. The molecule has 2 rings (SSSR count). The van der Waals surface area contributed by atoms with E-state index in [0.29, 0.717) is 18.0 Å². The number of nitrogens with zero attached hydrogens (tertiary/aromatic N) is 1. The molecule has 2 unspecified atom stereocenters. The first kappa shape index (κ1) is 16.8. The average molecular weight is 355 g/mol. The summed E-state index contributed by atoms with van der Waals surface area (Å²) < 4.78 is 6.96. The maximum Gasteiger partial charge on any atom is 0.119 e. The van der Waals surface area contributed by atoms with Gasteiger partial charge < -0.3 is 10.1 Å². The van der Waals surface area contributed by atoms with Gasteiger partial charge in [0.1, 0.15) is 12.4 Å². The van der Waals surface area contributed by atoms with E-state index in [9.17, 15) is 0 Å². The van der Waals surface area contributed by atoms with Crippen LogP contribution in [0.5, 0.6) is 5.75 Å². The third kappa shape index (κ3) is 4.97. The van der Waals surface area contributed by atoms with E-state index in [4.69, 9.17) is 4.74 Å². The molecule has 3 nitrogen and oxygen atoms in total. The Bertz CT molecular complexity index is 421. The van der Waals surface area contributed by atoms with E-state index in [1.165, 1.54) is 6.42 Å². The third-order valence-corrected chi connectivity index (χ3v) is 4.83. The summed E-state index contributed by atoms with van der Waals surface area (Å²) >= 11 is 3.44. The highest BCUT2D eigenvalue weighted by Gasteiger charge is 2.27. The van der Waals surface area contributed by atoms with Gasteiger partial charge in [0.2, 0.25) is 0 Å². The molecular weight excluding hydrogens is 328 g/mol. The van der Waals surface area contributed by atoms with Gasteiger partial charge in [-0.15, -0.1) is 0 Å². The molecule has 0 amide bonds. The molecular formula is C17H27BrN2O. The Morgan fingerprint density at radius 2 is 2.05 bits per heavy atom. The Kier molecular flexibility index (Phi) is 6.52. The summed E-state index contributed by atoms with van der Waals surface area (Å²) in [4.78, 5) is 2.58. The van der Waals surface area contributed by atoms with Gasteiger partial charge in [-0.05, 0) is 36.6 Å². The van der Waals surface area contributed by atoms with Crippen LogP contribution in [0, 0.1) is 5.92 Å². The zero-order valence-electron chi connectivity index (χ0n) is 13.3. The first-order valence-corrected chi connectivity index (χ1v) is 8.75. The van der Waals surface area contributed by atoms with E-state index in [0.717, 1.165) is 36.5 Å². The summed E-state index contributed by atoms with van der Waals surface area (Å²) in [5.41, 5.74) is 0. The summed E-state index contributed by atoms with van der Waals surface area (Å²) in [6, 6.07) is 9.29. The van der Waals surface area contributed by atoms with Crippen molar-refractivity contribution in [3.05, 3.63) is 28.7 Å². The van der Waals surface area contributed by atoms with Crippen LogP contribution in [0.3, 0.4) is 0 Å². The van der Waals surface area contributed by atoms with E-state index in [1.54, 1.807) is 0 Å². The lowest BCUT2D eigenvalue weighted by Gasteiger charge is -2.41. The van der Waals surface area contributed by atoms with Gasteiger partial charge in [0, 0.05) is 36.2 Å². The minimum Gasteiger partial charge on any atom is -0.492 e. The highest BCUT2D eigenvalue weighted by atomic mass is 79.9. The normalized spacial score (nSPS) is 23.5. The minimum absolute atomic E-state index is 0.598. The van der Waals surface area contributed by atoms with Crippen molar-refractivity contribution < 1.29 is 4.74 Å². The Morgan fingerprint density at radius 3 is 2.67 bits per heavy atom. The van der Waals surface area contributed by atoms with Gasteiger partial charge in [-0.1, -0.05) is 36.7 Å². The number of hydrogen-bond donors (Lipinski definition) is 1. The Balaban J connectivity index is 1.82. The van der Waals surface area contributed by atoms with Crippen molar-refractivity contribution in [2.45, 2.75) is 39.3 Å². The molecule has 0 bridgehead atoms. The van der Waals surface area contributed by atoms with Gasteiger partial charge in [-0.2, -0.15) is 0 Å². The van der Waals surface area contributed by atoms with E-state index in [-0.39, 0.29) is 0 Å². The predicted molar refractivity (Wildman–Crippen MR) is 91.9 cm³/mol. The van der Waals surface area contributed by atoms with E-state index >= 15 is 0 Å². The molecule has 1 aromatic carbocycles. The van der Waals surface area contributed by atoms with Crippen LogP contribution in [0.25, 0.3) is 0 Å². The maximum atomic E-state index is 5.87. The van der Waals surface area contributed by atoms with Crippen molar-refractivity contribution in [1.29, 1.82) is 0 Å². The summed E-state index contributed by atoms with van der Waals surface area (Å²) in [5.74, 6) is 1.62. The summed E-state index contributed by atoms with van der Waals surface area (Å²) in [6.07, 6.45) is 1.19. The van der Waals surface area contributed by atoms with Crippen LogP contribution in [0.1, 0.15) is 27.2 Å². The lowest BCUT2D eigenvalue weighted by molar-refractivity contribution is 0.0934. The number of halogens is 1. The topological polar surface area (TPSA) is 24.5 Å². The van der Waals surface area contributed by atoms with Crippen LogP contribution < -0.4 is 10.1 Å². The molecule has 1 aliphatic heterocycles. The first-order chi connectivity index (χ1) is 10.1. The van der Waals surface area contributed by atoms with Gasteiger partial charge >= 0.3 is 0 Å². The zero-order valence-corrected chi connectivity index (χ0v) is 14.9. The highest BCUT2D eigenvalue weighted by molar-refractivity contribution is 9.10. The lowest BCUT2D eigenvalue weighted by Crippen LogP contribution is -2.58. The number of ether oxygens (including phenoxy) is 1. The van der Waals surface area contributed by atoms with Gasteiger partial charge in [0.15, 0.2) is 0 Å². The van der Waals surface area contributed by atoms with Gasteiger partial charge in [0.05, 0.1) is 0 Å². The first-order valence-electron chi connectivity index (χ1n) is 7.96. The SMILES string of the molecule is CCC1CNC(C(C)C)CN1CCOc1ccc(Br)cc1. The summed E-state index contributed by atoms with van der Waals surface area (Å²) in [7, 11) is 0. The van der Waals surface area contributed by atoms with Crippen molar-refractivity contribution in [3.8, 4) is 5.75 Å². The summed E-state index contributed by atoms with van der Waals surface area (Å²) in [5, 5.41) is 3.68. The molecule has 21 heavy (non-hydrogen) atoms. The fourth-order valence-electron chi connectivity index (χ4n) is 2.82. The number of benzene rings is 1. The van der Waals surface area contributed by atoms with Crippen molar-refractivity contribution in [1.82, 2.24) is 10.2 Å². The monoisotopic (exact) mass is 354 g/mol. The molecule has 0 spiro atoms. The molecule has 1 heterocycles. The van der Waals surface area contributed by atoms with Crippen molar-refractivity contribution in [2.75, 3.05) is 26.2 Å². The average Bonchev–Trinajstić information content (AvgIpc) is 2.49. The number of hydrogen-bond acceptors (Lipinski definition) is 3. The molecule has 0 aliphatic carbocycles. The van der Waals surface area contributed by atoms with Crippen LogP contribution in [-0.4, -0.2) is 43.2 Å². The largest absolute Gasteiger partial charge is 0.492 e. The molecule has 0 radical (unpaired) electrons. The lowest BCUT2D eigenvalue weighted by atomic mass is 9.98. The second-order valence-corrected chi connectivity index (χ2v) is 7.03. The molecule has 118 valence electrons. The Labute approximate surface area is 137 Å². The van der Waals surface area contributed by atoms with E-state index < -0.39 is 0 Å². The Morgan fingerprint density at radius 1 is 1.33 bits per heavy atom. The Hall–Kier alpha value is -0.580. The number of piperazine rings is 1. The van der Waals surface area contributed by atoms with E-state index in [2.05, 4.69) is 46.9 Å². The number of rotatable bonds is 6. The summed E-state index contributed by atoms with van der Waals surface area (Å²) in [6.45, 7) is 10.8. The van der Waals surface area contributed by atoms with Crippen molar-refractivity contribution in [2.24, 2.45) is 5.92 Å². The van der Waals surface area contributed by atoms with Crippen molar-refractivity contribution in [3.63, 3.8) is 0 Å². The third-order valence-electron chi connectivity index (χ3n) is 4.30. The quantitative estimate of drug-likeness (QED) is 0.845. The second kappa shape index (κ2) is 8.16. The number of nitrogens with one attached hydrogen (secondary N) is 1. The minimum atomic E-state index is 0.598. The molecule has 0 saturated carbocycles. The molecule has 4 heteroatoms. The molecule has 1 aliphatic rings. The van der Waals surface area contributed by atoms with Gasteiger partial charge in [0.25, 0.3) is 0 Å². The van der Waals surface area contributed by atoms with E-state index in [1.807, 2.05) is 24.3 Å². The highest BCUT2D eigenvalue weighted by Crippen LogP contribution is 2.17. The fraction of sp³-hybridized carbons (Fsp3) is 0.647. The van der Waals surface area contributed by atoms with Crippen LogP contribution in [0.2, 0.25) is 0 Å². The van der Waals surface area contributed by atoms with Gasteiger partial charge in [-0.25, -0.2) is 0 Å². The fourth-order valence-corrected chi connectivity index (χ4v) is 3.08. The van der Waals surface area contributed by atoms with Crippen LogP contribution in [0.4, 0.5) is 0 Å². The molecule has 1 fully saturated rings. The van der Waals surface area contributed by atoms with Crippen LogP contribution in [0.15, 0.2) is 28.7 Å². The van der Waals surface area contributed by atoms with Gasteiger partial charge in [-0.3, -0.25) is 4.90 Å². The molecule has 1 N–H and O–H groups in total. The zero-order chi connectivity index (χ0) is 15.2. The molecule has 1 saturated heterocycles. The molecule has 1 aromatic rings. The predicted octanol–water partition coefficient (Wildman–Crippen LogP) is 3.54. The molecule has 2 atom stereocenters. The van der Waals surface area contributed by atoms with Crippen LogP contribution >= 0.6 is 15.9 Å². The standard InChI is InChI=1S/C17H27BrN2O/c1-4-15-11-19-17(13(2)3)12-20(15)9-10-21-16-7-5-14(18)6-8-16/h5-8,13,15,17,19H,4,9-12H2,1-3H3. The van der Waals surface area contributed by atoms with Crippen LogP contribution in [-0.2, 0) is 0 Å².